The molecular weight excluding hydrogens is 400 g/mol. The fraction of sp³-hybridized carbons (Fsp3) is 0.444. The van der Waals surface area contributed by atoms with E-state index in [4.69, 9.17) is 4.74 Å². The first kappa shape index (κ1) is 25.3. The van der Waals surface area contributed by atoms with Crippen molar-refractivity contribution in [2.75, 3.05) is 0 Å². The van der Waals surface area contributed by atoms with E-state index in [-0.39, 0.29) is 5.91 Å². The predicted molar refractivity (Wildman–Crippen MR) is 130 cm³/mol. The first-order chi connectivity index (χ1) is 15.6. The van der Waals surface area contributed by atoms with Gasteiger partial charge in [-0.05, 0) is 55.3 Å². The highest BCUT2D eigenvalue weighted by molar-refractivity contribution is 5.91. The van der Waals surface area contributed by atoms with Gasteiger partial charge in [-0.2, -0.15) is 5.10 Å². The average molecular weight is 437 g/mol. The second-order valence-electron chi connectivity index (χ2n) is 8.20. The molecule has 0 saturated heterocycles. The molecule has 2 aromatic rings. The van der Waals surface area contributed by atoms with Gasteiger partial charge in [-0.3, -0.25) is 4.79 Å². The second kappa shape index (κ2) is 15.0. The molecule has 0 heterocycles. The van der Waals surface area contributed by atoms with E-state index in [0.29, 0.717) is 17.7 Å². The van der Waals surface area contributed by atoms with Crippen molar-refractivity contribution < 1.29 is 14.3 Å². The molecule has 32 heavy (non-hydrogen) atoms. The van der Waals surface area contributed by atoms with Gasteiger partial charge < -0.3 is 4.74 Å². The Bertz CT molecular complexity index is 842. The standard InChI is InChI=1S/C27H36N2O3/c1-3-4-5-6-7-8-9-10-11-12-26(30)29-28-21-23-15-19-25(20-16-23)32-27(31)24-17-13-22(2)14-18-24/h13-21H,3-12H2,1-2H3,(H,29,30)/b28-21-. The third-order valence-corrected chi connectivity index (χ3v) is 5.29. The van der Waals surface area contributed by atoms with E-state index in [1.165, 1.54) is 44.9 Å². The Hall–Kier alpha value is -2.95. The first-order valence-corrected chi connectivity index (χ1v) is 11.8. The minimum atomic E-state index is -0.393. The number of hydrogen-bond acceptors (Lipinski definition) is 4. The smallest absolute Gasteiger partial charge is 0.343 e. The van der Waals surface area contributed by atoms with Gasteiger partial charge in [0, 0.05) is 6.42 Å². The van der Waals surface area contributed by atoms with Gasteiger partial charge in [0.15, 0.2) is 0 Å². The highest BCUT2D eigenvalue weighted by Gasteiger charge is 2.08. The van der Waals surface area contributed by atoms with Crippen molar-refractivity contribution >= 4 is 18.1 Å². The van der Waals surface area contributed by atoms with Crippen LogP contribution in [-0.4, -0.2) is 18.1 Å². The van der Waals surface area contributed by atoms with Crippen LogP contribution in [0.4, 0.5) is 0 Å². The molecule has 0 bridgehead atoms. The second-order valence-corrected chi connectivity index (χ2v) is 8.20. The molecule has 0 atom stereocenters. The largest absolute Gasteiger partial charge is 0.423 e. The fourth-order valence-corrected chi connectivity index (χ4v) is 3.31. The lowest BCUT2D eigenvalue weighted by molar-refractivity contribution is -0.121. The molecule has 5 nitrogen and oxygen atoms in total. The zero-order valence-corrected chi connectivity index (χ0v) is 19.4. The van der Waals surface area contributed by atoms with Gasteiger partial charge in [0.2, 0.25) is 5.91 Å². The van der Waals surface area contributed by atoms with Crippen molar-refractivity contribution in [2.45, 2.75) is 78.1 Å². The number of unbranched alkanes of at least 4 members (excludes halogenated alkanes) is 8. The molecule has 0 spiro atoms. The fourth-order valence-electron chi connectivity index (χ4n) is 3.31. The highest BCUT2D eigenvalue weighted by Crippen LogP contribution is 2.14. The maximum absolute atomic E-state index is 12.2. The molecule has 0 radical (unpaired) electrons. The molecule has 1 N–H and O–H groups in total. The van der Waals surface area contributed by atoms with Crippen LogP contribution in [0.5, 0.6) is 5.75 Å². The molecule has 0 unspecified atom stereocenters. The van der Waals surface area contributed by atoms with Crippen LogP contribution in [0.15, 0.2) is 53.6 Å². The Morgan fingerprint density at radius 2 is 1.44 bits per heavy atom. The van der Waals surface area contributed by atoms with Gasteiger partial charge >= 0.3 is 5.97 Å². The summed E-state index contributed by atoms with van der Waals surface area (Å²) in [5.74, 6) is 0.00476. The Kier molecular flexibility index (Phi) is 11.8. The number of nitrogens with one attached hydrogen (secondary N) is 1. The van der Waals surface area contributed by atoms with E-state index in [1.807, 2.05) is 19.1 Å². The van der Waals surface area contributed by atoms with Gasteiger partial charge in [0.05, 0.1) is 11.8 Å². The number of carbonyl (C=O) groups is 2. The number of hydrazone groups is 1. The summed E-state index contributed by atoms with van der Waals surface area (Å²) in [7, 11) is 0. The Morgan fingerprint density at radius 3 is 2.06 bits per heavy atom. The van der Waals surface area contributed by atoms with Crippen molar-refractivity contribution in [1.82, 2.24) is 5.43 Å². The summed E-state index contributed by atoms with van der Waals surface area (Å²) in [6.07, 6.45) is 13.1. The summed E-state index contributed by atoms with van der Waals surface area (Å²) in [5.41, 5.74) is 4.98. The maximum Gasteiger partial charge on any atom is 0.343 e. The molecule has 5 heteroatoms. The maximum atomic E-state index is 12.2. The number of rotatable bonds is 14. The van der Waals surface area contributed by atoms with Gasteiger partial charge in [0.25, 0.3) is 0 Å². The lowest BCUT2D eigenvalue weighted by Gasteiger charge is -2.05. The third-order valence-electron chi connectivity index (χ3n) is 5.29. The minimum absolute atomic E-state index is 0.0622. The van der Waals surface area contributed by atoms with Gasteiger partial charge in [-0.1, -0.05) is 76.0 Å². The summed E-state index contributed by atoms with van der Waals surface area (Å²) in [5, 5.41) is 4.01. The zero-order chi connectivity index (χ0) is 23.0. The molecular formula is C27H36N2O3. The number of hydrogen-bond donors (Lipinski definition) is 1. The molecule has 0 fully saturated rings. The minimum Gasteiger partial charge on any atom is -0.423 e. The van der Waals surface area contributed by atoms with Crippen LogP contribution in [0, 0.1) is 6.92 Å². The molecule has 2 rings (SSSR count). The van der Waals surface area contributed by atoms with Crippen LogP contribution in [-0.2, 0) is 4.79 Å². The van der Waals surface area contributed by atoms with E-state index in [9.17, 15) is 9.59 Å². The van der Waals surface area contributed by atoms with Crippen molar-refractivity contribution in [3.63, 3.8) is 0 Å². The van der Waals surface area contributed by atoms with Crippen LogP contribution in [0.25, 0.3) is 0 Å². The summed E-state index contributed by atoms with van der Waals surface area (Å²) in [6, 6.07) is 14.2. The van der Waals surface area contributed by atoms with Crippen molar-refractivity contribution in [3.8, 4) is 5.75 Å². The zero-order valence-electron chi connectivity index (χ0n) is 19.4. The lowest BCUT2D eigenvalue weighted by Crippen LogP contribution is -2.16. The number of ether oxygens (including phenoxy) is 1. The molecule has 0 aromatic heterocycles. The Balaban J connectivity index is 1.61. The monoisotopic (exact) mass is 436 g/mol. The van der Waals surface area contributed by atoms with Crippen molar-refractivity contribution in [2.24, 2.45) is 5.10 Å². The Morgan fingerprint density at radius 1 is 0.844 bits per heavy atom. The molecule has 0 aliphatic rings. The van der Waals surface area contributed by atoms with E-state index in [2.05, 4.69) is 17.5 Å². The van der Waals surface area contributed by atoms with E-state index < -0.39 is 5.97 Å². The van der Waals surface area contributed by atoms with Crippen LogP contribution in [0.2, 0.25) is 0 Å². The van der Waals surface area contributed by atoms with Crippen LogP contribution < -0.4 is 10.2 Å². The number of aryl methyl sites for hydroxylation is 1. The average Bonchev–Trinajstić information content (AvgIpc) is 2.79. The molecule has 172 valence electrons. The Labute approximate surface area is 192 Å². The third kappa shape index (κ3) is 10.4. The predicted octanol–water partition coefficient (Wildman–Crippen LogP) is 6.59. The normalized spacial score (nSPS) is 10.9. The van der Waals surface area contributed by atoms with Crippen LogP contribution >= 0.6 is 0 Å². The lowest BCUT2D eigenvalue weighted by atomic mass is 10.1. The van der Waals surface area contributed by atoms with E-state index >= 15 is 0 Å². The van der Waals surface area contributed by atoms with Gasteiger partial charge in [-0.25, -0.2) is 10.2 Å². The molecule has 0 saturated carbocycles. The summed E-state index contributed by atoms with van der Waals surface area (Å²) < 4.78 is 5.38. The number of nitrogens with zero attached hydrogens (tertiary/aromatic N) is 1. The molecule has 0 aliphatic carbocycles. The van der Waals surface area contributed by atoms with Gasteiger partial charge in [-0.15, -0.1) is 0 Å². The number of carbonyl (C=O) groups excluding carboxylic acids is 2. The number of benzene rings is 2. The molecule has 0 aliphatic heterocycles. The van der Waals surface area contributed by atoms with Crippen molar-refractivity contribution in [1.29, 1.82) is 0 Å². The van der Waals surface area contributed by atoms with E-state index in [1.54, 1.807) is 42.6 Å². The number of amides is 1. The SMILES string of the molecule is CCCCCCCCCCCC(=O)N/N=C\c1ccc(OC(=O)c2ccc(C)cc2)cc1. The van der Waals surface area contributed by atoms with Crippen LogP contribution in [0.1, 0.15) is 92.6 Å². The summed E-state index contributed by atoms with van der Waals surface area (Å²) >= 11 is 0. The van der Waals surface area contributed by atoms with Gasteiger partial charge in [0.1, 0.15) is 5.75 Å². The number of esters is 1. The van der Waals surface area contributed by atoms with E-state index in [0.717, 1.165) is 24.0 Å². The topological polar surface area (TPSA) is 67.8 Å². The first-order valence-electron chi connectivity index (χ1n) is 11.8. The van der Waals surface area contributed by atoms with Crippen molar-refractivity contribution in [3.05, 3.63) is 65.2 Å². The quantitative estimate of drug-likeness (QED) is 0.119. The highest BCUT2D eigenvalue weighted by atomic mass is 16.5. The molecule has 2 aromatic carbocycles. The summed E-state index contributed by atoms with van der Waals surface area (Å²) in [6.45, 7) is 4.20. The molecule has 1 amide bonds. The summed E-state index contributed by atoms with van der Waals surface area (Å²) in [4.78, 5) is 24.0. The van der Waals surface area contributed by atoms with Crippen LogP contribution in [0.3, 0.4) is 0 Å².